The van der Waals surface area contributed by atoms with Gasteiger partial charge < -0.3 is 10.2 Å². The van der Waals surface area contributed by atoms with Gasteiger partial charge in [0.25, 0.3) is 0 Å². The Kier molecular flexibility index (Phi) is 2.72. The highest BCUT2D eigenvalue weighted by molar-refractivity contribution is 5.43. The molecule has 1 unspecified atom stereocenters. The maximum atomic E-state index is 4.19. The predicted molar refractivity (Wildman–Crippen MR) is 57.5 cm³/mol. The quantitative estimate of drug-likeness (QED) is 0.765. The van der Waals surface area contributed by atoms with Crippen molar-refractivity contribution >= 4 is 5.69 Å². The molecule has 14 heavy (non-hydrogen) atoms. The summed E-state index contributed by atoms with van der Waals surface area (Å²) in [5, 5.41) is 7.67. The van der Waals surface area contributed by atoms with Gasteiger partial charge in [0.15, 0.2) is 0 Å². The molecule has 0 aliphatic carbocycles. The average molecular weight is 194 g/mol. The molecule has 0 bridgehead atoms. The fourth-order valence-electron chi connectivity index (χ4n) is 2.02. The van der Waals surface area contributed by atoms with Crippen molar-refractivity contribution in [2.24, 2.45) is 7.05 Å². The van der Waals surface area contributed by atoms with E-state index in [0.717, 1.165) is 19.6 Å². The Hall–Kier alpha value is -1.03. The molecule has 1 N–H and O–H groups in total. The van der Waals surface area contributed by atoms with Crippen molar-refractivity contribution < 1.29 is 0 Å². The minimum atomic E-state index is 0.653. The van der Waals surface area contributed by atoms with Gasteiger partial charge in [-0.15, -0.1) is 0 Å². The number of aryl methyl sites for hydroxylation is 1. The van der Waals surface area contributed by atoms with E-state index in [2.05, 4.69) is 28.4 Å². The van der Waals surface area contributed by atoms with Crippen LogP contribution in [0.3, 0.4) is 0 Å². The number of hydrogen-bond donors (Lipinski definition) is 1. The maximum Gasteiger partial charge on any atom is 0.0752 e. The summed E-state index contributed by atoms with van der Waals surface area (Å²) in [7, 11) is 1.96. The van der Waals surface area contributed by atoms with Crippen molar-refractivity contribution in [1.29, 1.82) is 0 Å². The van der Waals surface area contributed by atoms with Crippen molar-refractivity contribution in [3.8, 4) is 0 Å². The van der Waals surface area contributed by atoms with Crippen LogP contribution in [0, 0.1) is 0 Å². The number of nitrogens with zero attached hydrogens (tertiary/aromatic N) is 3. The molecule has 0 amide bonds. The molecule has 0 spiro atoms. The van der Waals surface area contributed by atoms with Crippen molar-refractivity contribution in [3.05, 3.63) is 12.4 Å². The van der Waals surface area contributed by atoms with Crippen LogP contribution < -0.4 is 10.2 Å². The lowest BCUT2D eigenvalue weighted by Crippen LogP contribution is -2.32. The van der Waals surface area contributed by atoms with Crippen LogP contribution in [0.1, 0.15) is 13.3 Å². The van der Waals surface area contributed by atoms with Gasteiger partial charge in [0.2, 0.25) is 0 Å². The molecule has 1 fully saturated rings. The summed E-state index contributed by atoms with van der Waals surface area (Å²) in [5.74, 6) is 0. The van der Waals surface area contributed by atoms with Gasteiger partial charge in [0.05, 0.1) is 11.9 Å². The third-order valence-electron chi connectivity index (χ3n) is 2.74. The topological polar surface area (TPSA) is 33.1 Å². The van der Waals surface area contributed by atoms with Gasteiger partial charge in [0.1, 0.15) is 0 Å². The highest BCUT2D eigenvalue weighted by atomic mass is 15.3. The minimum absolute atomic E-state index is 0.653. The van der Waals surface area contributed by atoms with E-state index in [1.165, 1.54) is 12.1 Å². The van der Waals surface area contributed by atoms with Crippen LogP contribution in [0.25, 0.3) is 0 Å². The van der Waals surface area contributed by atoms with Gasteiger partial charge in [-0.3, -0.25) is 4.68 Å². The van der Waals surface area contributed by atoms with Gasteiger partial charge in [-0.1, -0.05) is 6.92 Å². The third-order valence-corrected chi connectivity index (χ3v) is 2.74. The van der Waals surface area contributed by atoms with Crippen LogP contribution in [0.15, 0.2) is 12.4 Å². The molecule has 1 atom stereocenters. The zero-order valence-corrected chi connectivity index (χ0v) is 8.90. The van der Waals surface area contributed by atoms with Crippen LogP contribution in [-0.2, 0) is 7.05 Å². The number of likely N-dealkylation sites (N-methyl/N-ethyl adjacent to an activating group) is 1. The van der Waals surface area contributed by atoms with Gasteiger partial charge in [-0.2, -0.15) is 5.10 Å². The van der Waals surface area contributed by atoms with Gasteiger partial charge in [-0.05, 0) is 13.0 Å². The highest BCUT2D eigenvalue weighted by Gasteiger charge is 2.22. The standard InChI is InChI=1S/C10H18N4/c1-3-11-9-4-5-14(7-9)10-6-12-13(2)8-10/h6,8-9,11H,3-5,7H2,1-2H3. The summed E-state index contributed by atoms with van der Waals surface area (Å²) in [4.78, 5) is 2.39. The number of nitrogens with one attached hydrogen (secondary N) is 1. The van der Waals surface area contributed by atoms with Crippen LogP contribution in [0.4, 0.5) is 5.69 Å². The maximum absolute atomic E-state index is 4.19. The SMILES string of the molecule is CCNC1CCN(c2cnn(C)c2)C1. The Bertz CT molecular complexity index is 294. The lowest BCUT2D eigenvalue weighted by atomic mass is 10.3. The van der Waals surface area contributed by atoms with E-state index in [0.29, 0.717) is 6.04 Å². The van der Waals surface area contributed by atoms with E-state index in [1.807, 2.05) is 17.9 Å². The Balaban J connectivity index is 1.95. The van der Waals surface area contributed by atoms with Crippen molar-refractivity contribution in [1.82, 2.24) is 15.1 Å². The molecule has 1 aliphatic rings. The third kappa shape index (κ3) is 1.90. The first-order chi connectivity index (χ1) is 6.79. The van der Waals surface area contributed by atoms with Crippen molar-refractivity contribution in [3.63, 3.8) is 0 Å². The van der Waals surface area contributed by atoms with Crippen molar-refractivity contribution in [2.45, 2.75) is 19.4 Å². The highest BCUT2D eigenvalue weighted by Crippen LogP contribution is 2.18. The molecule has 0 aromatic carbocycles. The molecule has 4 nitrogen and oxygen atoms in total. The Morgan fingerprint density at radius 3 is 3.14 bits per heavy atom. The molecule has 1 aromatic rings. The fourth-order valence-corrected chi connectivity index (χ4v) is 2.02. The van der Waals surface area contributed by atoms with E-state index in [4.69, 9.17) is 0 Å². The largest absolute Gasteiger partial charge is 0.367 e. The average Bonchev–Trinajstić information content (AvgIpc) is 2.74. The summed E-state index contributed by atoms with van der Waals surface area (Å²) in [6, 6.07) is 0.653. The van der Waals surface area contributed by atoms with Crippen LogP contribution >= 0.6 is 0 Å². The summed E-state index contributed by atoms with van der Waals surface area (Å²) >= 11 is 0. The van der Waals surface area contributed by atoms with Crippen LogP contribution in [-0.4, -0.2) is 35.5 Å². The first-order valence-electron chi connectivity index (χ1n) is 5.26. The number of rotatable bonds is 3. The second kappa shape index (κ2) is 4.00. The monoisotopic (exact) mass is 194 g/mol. The first-order valence-corrected chi connectivity index (χ1v) is 5.26. The van der Waals surface area contributed by atoms with E-state index in [1.54, 1.807) is 0 Å². The molecule has 78 valence electrons. The van der Waals surface area contributed by atoms with Gasteiger partial charge in [0, 0.05) is 32.4 Å². The smallest absolute Gasteiger partial charge is 0.0752 e. The van der Waals surface area contributed by atoms with Gasteiger partial charge in [-0.25, -0.2) is 0 Å². The molecule has 2 heterocycles. The molecule has 1 aromatic heterocycles. The Morgan fingerprint density at radius 2 is 2.50 bits per heavy atom. The number of anilines is 1. The van der Waals surface area contributed by atoms with Crippen LogP contribution in [0.5, 0.6) is 0 Å². The minimum Gasteiger partial charge on any atom is -0.367 e. The molecule has 0 saturated carbocycles. The fraction of sp³-hybridized carbons (Fsp3) is 0.700. The van der Waals surface area contributed by atoms with E-state index >= 15 is 0 Å². The molecule has 1 aliphatic heterocycles. The van der Waals surface area contributed by atoms with E-state index in [-0.39, 0.29) is 0 Å². The summed E-state index contributed by atoms with van der Waals surface area (Å²) in [6.07, 6.45) is 5.26. The van der Waals surface area contributed by atoms with Gasteiger partial charge >= 0.3 is 0 Å². The number of aromatic nitrogens is 2. The lowest BCUT2D eigenvalue weighted by molar-refractivity contribution is 0.572. The summed E-state index contributed by atoms with van der Waals surface area (Å²) < 4.78 is 1.86. The summed E-state index contributed by atoms with van der Waals surface area (Å²) in [6.45, 7) is 5.47. The summed E-state index contributed by atoms with van der Waals surface area (Å²) in [5.41, 5.74) is 1.24. The predicted octanol–water partition coefficient (Wildman–Crippen LogP) is 0.608. The normalized spacial score (nSPS) is 21.9. The molecule has 4 heteroatoms. The molecule has 2 rings (SSSR count). The first kappa shape index (κ1) is 9.52. The van der Waals surface area contributed by atoms with Crippen LogP contribution in [0.2, 0.25) is 0 Å². The molecular weight excluding hydrogens is 176 g/mol. The van der Waals surface area contributed by atoms with Crippen molar-refractivity contribution in [2.75, 3.05) is 24.5 Å². The Labute approximate surface area is 84.9 Å². The molecule has 0 radical (unpaired) electrons. The molecular formula is C10H18N4. The lowest BCUT2D eigenvalue weighted by Gasteiger charge is -2.16. The second-order valence-electron chi connectivity index (χ2n) is 3.86. The zero-order valence-electron chi connectivity index (χ0n) is 8.90. The second-order valence-corrected chi connectivity index (χ2v) is 3.86. The van der Waals surface area contributed by atoms with E-state index in [9.17, 15) is 0 Å². The van der Waals surface area contributed by atoms with E-state index < -0.39 is 0 Å². The Morgan fingerprint density at radius 1 is 1.64 bits per heavy atom. The zero-order chi connectivity index (χ0) is 9.97. The molecule has 1 saturated heterocycles. The number of hydrogen-bond acceptors (Lipinski definition) is 3.